The molecule has 2 saturated heterocycles. The molecule has 2 aliphatic rings. The van der Waals surface area contributed by atoms with Crippen molar-refractivity contribution in [3.63, 3.8) is 0 Å². The summed E-state index contributed by atoms with van der Waals surface area (Å²) in [7, 11) is -3.00. The van der Waals surface area contributed by atoms with Gasteiger partial charge in [0.1, 0.15) is 22.0 Å². The van der Waals surface area contributed by atoms with E-state index in [1.165, 1.54) is 25.1 Å². The number of aliphatic hydroxyl groups is 1. The van der Waals surface area contributed by atoms with Gasteiger partial charge >= 0.3 is 0 Å². The molecular formula is C26H34FN7O3S. The summed E-state index contributed by atoms with van der Waals surface area (Å²) >= 11 is 0. The number of hydrogen-bond acceptors (Lipinski definition) is 10. The van der Waals surface area contributed by atoms with E-state index in [-0.39, 0.29) is 24.1 Å². The number of pyridine rings is 1. The van der Waals surface area contributed by atoms with Gasteiger partial charge < -0.3 is 20.2 Å². The first kappa shape index (κ1) is 26.5. The van der Waals surface area contributed by atoms with Gasteiger partial charge in [-0.25, -0.2) is 27.8 Å². The highest BCUT2D eigenvalue weighted by Crippen LogP contribution is 2.37. The van der Waals surface area contributed by atoms with E-state index in [9.17, 15) is 17.9 Å². The quantitative estimate of drug-likeness (QED) is 0.459. The molecule has 0 radical (unpaired) electrons. The Morgan fingerprint density at radius 1 is 1.18 bits per heavy atom. The highest BCUT2D eigenvalue weighted by Gasteiger charge is 2.40. The van der Waals surface area contributed by atoms with E-state index in [2.05, 4.69) is 56.1 Å². The molecule has 10 nitrogen and oxygen atoms in total. The van der Waals surface area contributed by atoms with Crippen LogP contribution in [0.4, 0.5) is 27.8 Å². The zero-order chi connectivity index (χ0) is 27.2. The van der Waals surface area contributed by atoms with Gasteiger partial charge in [0.15, 0.2) is 5.67 Å². The number of alkyl halides is 1. The minimum absolute atomic E-state index is 0.00604. The lowest BCUT2D eigenvalue weighted by atomic mass is 9.93. The standard InChI is InChI=1S/C26H34FN7O3S/c1-16(2)18-5-6-21(34-11-17(12-34)13-38(4,36)37)20-10-28-23(9-19(18)20)31-24-29-15-30-25(32-24)33-8-7-22(35)26(3,27)14-33/h5-6,9-10,15-17,22,35H,7-8,11-14H2,1-4H3,(H,28,29,30,31,32)/t22-,26+/m0/s1. The molecule has 0 spiro atoms. The summed E-state index contributed by atoms with van der Waals surface area (Å²) in [4.78, 5) is 21.4. The number of aliphatic hydroxyl groups excluding tert-OH is 1. The number of hydrogen-bond donors (Lipinski definition) is 2. The molecule has 2 aliphatic heterocycles. The van der Waals surface area contributed by atoms with E-state index >= 15 is 0 Å². The highest BCUT2D eigenvalue weighted by molar-refractivity contribution is 7.90. The van der Waals surface area contributed by atoms with Crippen molar-refractivity contribution in [1.82, 2.24) is 19.9 Å². The molecule has 0 saturated carbocycles. The number of nitrogens with zero attached hydrogens (tertiary/aromatic N) is 6. The van der Waals surface area contributed by atoms with Crippen molar-refractivity contribution in [3.05, 3.63) is 36.3 Å². The summed E-state index contributed by atoms with van der Waals surface area (Å²) in [6, 6.07) is 6.19. The molecule has 38 heavy (non-hydrogen) atoms. The van der Waals surface area contributed by atoms with Gasteiger partial charge in [-0.2, -0.15) is 4.98 Å². The van der Waals surface area contributed by atoms with Crippen LogP contribution in [0.1, 0.15) is 38.7 Å². The van der Waals surface area contributed by atoms with Gasteiger partial charge in [0, 0.05) is 49.1 Å². The monoisotopic (exact) mass is 543 g/mol. The van der Waals surface area contributed by atoms with Crippen molar-refractivity contribution >= 4 is 44.0 Å². The Hall–Kier alpha value is -3.12. The van der Waals surface area contributed by atoms with E-state index in [4.69, 9.17) is 0 Å². The predicted octanol–water partition coefficient (Wildman–Crippen LogP) is 3.07. The van der Waals surface area contributed by atoms with Crippen LogP contribution >= 0.6 is 0 Å². The zero-order valence-electron chi connectivity index (χ0n) is 22.1. The summed E-state index contributed by atoms with van der Waals surface area (Å²) < 4.78 is 38.0. The first-order valence-electron chi connectivity index (χ1n) is 12.8. The number of piperidine rings is 1. The fourth-order valence-electron chi connectivity index (χ4n) is 5.32. The number of anilines is 4. The van der Waals surface area contributed by atoms with Gasteiger partial charge in [-0.05, 0) is 42.3 Å². The van der Waals surface area contributed by atoms with Gasteiger partial charge in [0.05, 0.1) is 18.4 Å². The maximum Gasteiger partial charge on any atom is 0.233 e. The largest absolute Gasteiger partial charge is 0.390 e. The van der Waals surface area contributed by atoms with Crippen LogP contribution in [0.15, 0.2) is 30.7 Å². The third-order valence-corrected chi connectivity index (χ3v) is 8.40. The molecule has 1 aromatic carbocycles. The maximum atomic E-state index is 14.7. The molecule has 0 unspecified atom stereocenters. The number of sulfone groups is 1. The Bertz CT molecular complexity index is 1440. The second-order valence-electron chi connectivity index (χ2n) is 11.0. The van der Waals surface area contributed by atoms with Crippen molar-refractivity contribution in [1.29, 1.82) is 0 Å². The van der Waals surface area contributed by atoms with Crippen LogP contribution < -0.4 is 15.1 Å². The molecule has 12 heteroatoms. The lowest BCUT2D eigenvalue weighted by molar-refractivity contribution is -0.00860. The minimum Gasteiger partial charge on any atom is -0.390 e. The van der Waals surface area contributed by atoms with Crippen molar-refractivity contribution in [2.45, 2.75) is 44.9 Å². The number of fused-ring (bicyclic) bond motifs is 1. The fraction of sp³-hybridized carbons (Fsp3) is 0.538. The molecule has 5 rings (SSSR count). The number of aromatic nitrogens is 4. The van der Waals surface area contributed by atoms with Crippen molar-refractivity contribution in [3.8, 4) is 0 Å². The van der Waals surface area contributed by atoms with Gasteiger partial charge in [-0.3, -0.25) is 0 Å². The molecule has 2 N–H and O–H groups in total. The van der Waals surface area contributed by atoms with Crippen LogP contribution in [-0.4, -0.2) is 83.4 Å². The van der Waals surface area contributed by atoms with Gasteiger partial charge in [0.2, 0.25) is 11.9 Å². The average molecular weight is 544 g/mol. The highest BCUT2D eigenvalue weighted by atomic mass is 32.2. The molecule has 0 amide bonds. The molecule has 3 aromatic rings. The molecule has 2 aromatic heterocycles. The second kappa shape index (κ2) is 9.88. The minimum atomic E-state index is -3.00. The maximum absolute atomic E-state index is 14.7. The number of nitrogens with one attached hydrogen (secondary N) is 1. The summed E-state index contributed by atoms with van der Waals surface area (Å²) in [5.74, 6) is 1.82. The van der Waals surface area contributed by atoms with E-state index in [0.29, 0.717) is 43.8 Å². The van der Waals surface area contributed by atoms with Gasteiger partial charge in [0.25, 0.3) is 0 Å². The summed E-state index contributed by atoms with van der Waals surface area (Å²) in [6.45, 7) is 7.50. The third kappa shape index (κ3) is 5.51. The fourth-order valence-corrected chi connectivity index (χ4v) is 6.38. The lowest BCUT2D eigenvalue weighted by Crippen LogP contribution is -2.52. The Balaban J connectivity index is 1.39. The predicted molar refractivity (Wildman–Crippen MR) is 147 cm³/mol. The van der Waals surface area contributed by atoms with E-state index in [1.807, 2.05) is 12.3 Å². The molecule has 2 fully saturated rings. The zero-order valence-corrected chi connectivity index (χ0v) is 22.9. The Kier molecular flexibility index (Phi) is 6.89. The van der Waals surface area contributed by atoms with Crippen LogP contribution in [0.3, 0.4) is 0 Å². The Morgan fingerprint density at radius 3 is 2.63 bits per heavy atom. The molecule has 4 heterocycles. The van der Waals surface area contributed by atoms with Gasteiger partial charge in [-0.15, -0.1) is 0 Å². The van der Waals surface area contributed by atoms with Crippen LogP contribution in [0, 0.1) is 5.92 Å². The third-order valence-electron chi connectivity index (χ3n) is 7.32. The van der Waals surface area contributed by atoms with E-state index in [1.54, 1.807) is 4.90 Å². The molecule has 0 bridgehead atoms. The van der Waals surface area contributed by atoms with Crippen LogP contribution in [0.2, 0.25) is 0 Å². The van der Waals surface area contributed by atoms with Gasteiger partial charge in [-0.1, -0.05) is 19.9 Å². The smallest absolute Gasteiger partial charge is 0.233 e. The Labute approximate surface area is 222 Å². The van der Waals surface area contributed by atoms with Crippen molar-refractivity contribution in [2.75, 3.05) is 53.3 Å². The van der Waals surface area contributed by atoms with Crippen molar-refractivity contribution in [2.24, 2.45) is 5.92 Å². The number of halogens is 1. The SMILES string of the molecule is CC(C)c1ccc(N2CC(CS(C)(=O)=O)C2)c2cnc(Nc3ncnc(N4CC[C@H](O)[C@](C)(F)C4)n3)cc12. The molecule has 2 atom stereocenters. The second-order valence-corrected chi connectivity index (χ2v) is 13.2. The normalized spacial score (nSPS) is 22.7. The first-order valence-corrected chi connectivity index (χ1v) is 14.9. The first-order chi connectivity index (χ1) is 17.9. The molecular weight excluding hydrogens is 509 g/mol. The summed E-state index contributed by atoms with van der Waals surface area (Å²) in [6.07, 6.45) is 3.76. The van der Waals surface area contributed by atoms with Crippen molar-refractivity contribution < 1.29 is 17.9 Å². The topological polar surface area (TPSA) is 124 Å². The van der Waals surface area contributed by atoms with E-state index < -0.39 is 21.6 Å². The number of rotatable bonds is 7. The summed E-state index contributed by atoms with van der Waals surface area (Å²) in [5.41, 5.74) is 0.468. The average Bonchev–Trinajstić information content (AvgIpc) is 2.81. The number of benzene rings is 1. The van der Waals surface area contributed by atoms with Crippen LogP contribution in [0.25, 0.3) is 10.8 Å². The molecule has 0 aliphatic carbocycles. The van der Waals surface area contributed by atoms with Crippen LogP contribution in [-0.2, 0) is 9.84 Å². The Morgan fingerprint density at radius 2 is 1.95 bits per heavy atom. The lowest BCUT2D eigenvalue weighted by Gasteiger charge is -2.41. The van der Waals surface area contributed by atoms with E-state index in [0.717, 1.165) is 16.5 Å². The molecule has 204 valence electrons. The summed E-state index contributed by atoms with van der Waals surface area (Å²) in [5, 5.41) is 15.1. The van der Waals surface area contributed by atoms with Crippen LogP contribution in [0.5, 0.6) is 0 Å².